The summed E-state index contributed by atoms with van der Waals surface area (Å²) < 4.78 is 7.74. The summed E-state index contributed by atoms with van der Waals surface area (Å²) in [6.45, 7) is 0. The van der Waals surface area contributed by atoms with E-state index in [2.05, 4.69) is 39.1 Å². The summed E-state index contributed by atoms with van der Waals surface area (Å²) in [4.78, 5) is 17.5. The molecule has 6 heteroatoms. The van der Waals surface area contributed by atoms with Crippen LogP contribution in [0.5, 0.6) is 0 Å². The normalized spacial score (nSPS) is 17.2. The van der Waals surface area contributed by atoms with Crippen LogP contribution in [0.3, 0.4) is 0 Å². The Morgan fingerprint density at radius 1 is 1.09 bits per heavy atom. The molecule has 33 heavy (non-hydrogen) atoms. The van der Waals surface area contributed by atoms with Crippen LogP contribution in [0.1, 0.15) is 22.7 Å². The number of nitrogens with zero attached hydrogens (tertiary/aromatic N) is 2. The van der Waals surface area contributed by atoms with Gasteiger partial charge in [0.1, 0.15) is 5.65 Å². The monoisotopic (exact) mass is 459 g/mol. The molecule has 0 saturated carbocycles. The van der Waals surface area contributed by atoms with Crippen molar-refractivity contribution in [3.63, 3.8) is 0 Å². The zero-order valence-corrected chi connectivity index (χ0v) is 19.4. The number of carbonyl (C=O) groups excluding carboxylic acids is 1. The van der Waals surface area contributed by atoms with Crippen molar-refractivity contribution >= 4 is 35.4 Å². The Morgan fingerprint density at radius 3 is 2.64 bits per heavy atom. The maximum absolute atomic E-state index is 13.0. The number of amides is 1. The summed E-state index contributed by atoms with van der Waals surface area (Å²) in [6.07, 6.45) is 6.03. The Bertz CT molecular complexity index is 1310. The first kappa shape index (κ1) is 22.8. The van der Waals surface area contributed by atoms with E-state index in [1.165, 1.54) is 5.56 Å². The van der Waals surface area contributed by atoms with Crippen LogP contribution in [-0.2, 0) is 23.0 Å². The molecule has 1 aliphatic rings. The van der Waals surface area contributed by atoms with E-state index in [1.54, 1.807) is 19.4 Å². The maximum Gasteiger partial charge on any atom is 0.244 e. The van der Waals surface area contributed by atoms with Crippen molar-refractivity contribution in [1.29, 1.82) is 0 Å². The largest absolute Gasteiger partial charge is 0.379 e. The van der Waals surface area contributed by atoms with Crippen molar-refractivity contribution in [1.82, 2.24) is 14.9 Å². The second kappa shape index (κ2) is 9.61. The SMILES string of the molecule is CO[C@H]1Cc2ccccc2[C@H]1NC(=O)/C=C/c1c(-c2ccccc2)n(C)c2ncccc12.Cl. The number of fused-ring (bicyclic) bond motifs is 2. The highest BCUT2D eigenvalue weighted by Gasteiger charge is 2.33. The van der Waals surface area contributed by atoms with E-state index in [0.29, 0.717) is 0 Å². The number of carbonyl (C=O) groups is 1. The van der Waals surface area contributed by atoms with Gasteiger partial charge in [-0.3, -0.25) is 4.79 Å². The zero-order valence-electron chi connectivity index (χ0n) is 18.6. The number of methoxy groups -OCH3 is 1. The molecule has 5 rings (SSSR count). The molecule has 2 heterocycles. The number of nitrogens with one attached hydrogen (secondary N) is 1. The fraction of sp³-hybridized carbons (Fsp3) is 0.185. The average molecular weight is 460 g/mol. The first-order valence-corrected chi connectivity index (χ1v) is 10.8. The van der Waals surface area contributed by atoms with Crippen LogP contribution in [0.4, 0.5) is 0 Å². The summed E-state index contributed by atoms with van der Waals surface area (Å²) in [5, 5.41) is 4.16. The summed E-state index contributed by atoms with van der Waals surface area (Å²) in [5.41, 5.74) is 6.32. The molecule has 1 amide bonds. The van der Waals surface area contributed by atoms with Crippen LogP contribution in [0, 0.1) is 0 Å². The molecule has 1 N–H and O–H groups in total. The highest BCUT2D eigenvalue weighted by Crippen LogP contribution is 2.34. The number of pyridine rings is 1. The van der Waals surface area contributed by atoms with Crippen LogP contribution in [0.15, 0.2) is 79.0 Å². The van der Waals surface area contributed by atoms with E-state index in [1.807, 2.05) is 55.6 Å². The molecular weight excluding hydrogens is 434 g/mol. The van der Waals surface area contributed by atoms with Gasteiger partial charge in [-0.15, -0.1) is 12.4 Å². The minimum atomic E-state index is -0.156. The van der Waals surface area contributed by atoms with Crippen molar-refractivity contribution in [3.05, 3.63) is 95.7 Å². The lowest BCUT2D eigenvalue weighted by Crippen LogP contribution is -2.33. The highest BCUT2D eigenvalue weighted by atomic mass is 35.5. The summed E-state index contributed by atoms with van der Waals surface area (Å²) >= 11 is 0. The average Bonchev–Trinajstić information content (AvgIpc) is 3.33. The van der Waals surface area contributed by atoms with Gasteiger partial charge in [-0.1, -0.05) is 54.6 Å². The second-order valence-electron chi connectivity index (χ2n) is 8.06. The fourth-order valence-electron chi connectivity index (χ4n) is 4.71. The molecule has 0 spiro atoms. The van der Waals surface area contributed by atoms with Gasteiger partial charge >= 0.3 is 0 Å². The third kappa shape index (κ3) is 4.17. The number of hydrogen-bond acceptors (Lipinski definition) is 3. The number of hydrogen-bond donors (Lipinski definition) is 1. The van der Waals surface area contributed by atoms with Gasteiger partial charge in [0.2, 0.25) is 5.91 Å². The molecule has 0 saturated heterocycles. The lowest BCUT2D eigenvalue weighted by Gasteiger charge is -2.20. The number of rotatable bonds is 5. The van der Waals surface area contributed by atoms with E-state index in [0.717, 1.165) is 39.8 Å². The molecule has 0 radical (unpaired) electrons. The third-order valence-corrected chi connectivity index (χ3v) is 6.22. The second-order valence-corrected chi connectivity index (χ2v) is 8.06. The molecular formula is C27H26ClN3O2. The number of halogens is 1. The summed E-state index contributed by atoms with van der Waals surface area (Å²) in [7, 11) is 3.70. The highest BCUT2D eigenvalue weighted by molar-refractivity contribution is 6.00. The van der Waals surface area contributed by atoms with Gasteiger partial charge in [-0.2, -0.15) is 0 Å². The first-order valence-electron chi connectivity index (χ1n) is 10.8. The lowest BCUT2D eigenvalue weighted by atomic mass is 10.0. The van der Waals surface area contributed by atoms with Gasteiger partial charge in [0.15, 0.2) is 0 Å². The van der Waals surface area contributed by atoms with Crippen molar-refractivity contribution in [2.75, 3.05) is 7.11 Å². The van der Waals surface area contributed by atoms with Gasteiger partial charge in [-0.05, 0) is 34.9 Å². The molecule has 0 unspecified atom stereocenters. The van der Waals surface area contributed by atoms with E-state index in [9.17, 15) is 4.79 Å². The van der Waals surface area contributed by atoms with Crippen LogP contribution in [0.25, 0.3) is 28.4 Å². The Balaban J connectivity index is 0.00000259. The fourth-order valence-corrected chi connectivity index (χ4v) is 4.71. The molecule has 0 aliphatic heterocycles. The Labute approximate surface area is 199 Å². The van der Waals surface area contributed by atoms with Crippen LogP contribution in [0.2, 0.25) is 0 Å². The molecule has 5 nitrogen and oxygen atoms in total. The van der Waals surface area contributed by atoms with Crippen molar-refractivity contribution < 1.29 is 9.53 Å². The molecule has 2 aromatic carbocycles. The number of aromatic nitrogens is 2. The third-order valence-electron chi connectivity index (χ3n) is 6.22. The summed E-state index contributed by atoms with van der Waals surface area (Å²) in [5.74, 6) is -0.145. The molecule has 4 aromatic rings. The van der Waals surface area contributed by atoms with E-state index in [-0.39, 0.29) is 30.5 Å². The standard InChI is InChI=1S/C27H25N3O2.ClH/c1-30-26(18-9-4-3-5-10-18)21(22-13-8-16-28-27(22)30)14-15-24(31)29-25-20-12-7-6-11-19(20)17-23(25)32-2;/h3-16,23,25H,17H2,1-2H3,(H,29,31);1H/b15-14+;/t23-,25+;/m0./s1. The van der Waals surface area contributed by atoms with Crippen molar-refractivity contribution in [3.8, 4) is 11.3 Å². The maximum atomic E-state index is 13.0. The Kier molecular flexibility index (Phi) is 6.63. The Morgan fingerprint density at radius 2 is 1.85 bits per heavy atom. The molecule has 0 bridgehead atoms. The molecule has 2 atom stereocenters. The molecule has 168 valence electrons. The smallest absolute Gasteiger partial charge is 0.244 e. The minimum absolute atomic E-state index is 0. The predicted octanol–water partition coefficient (Wildman–Crippen LogP) is 5.10. The van der Waals surface area contributed by atoms with Crippen molar-refractivity contribution in [2.45, 2.75) is 18.6 Å². The molecule has 2 aromatic heterocycles. The van der Waals surface area contributed by atoms with E-state index < -0.39 is 0 Å². The zero-order chi connectivity index (χ0) is 22.1. The topological polar surface area (TPSA) is 56.1 Å². The minimum Gasteiger partial charge on any atom is -0.379 e. The van der Waals surface area contributed by atoms with Gasteiger partial charge < -0.3 is 14.6 Å². The first-order chi connectivity index (χ1) is 15.7. The van der Waals surface area contributed by atoms with E-state index >= 15 is 0 Å². The van der Waals surface area contributed by atoms with Gasteiger partial charge in [-0.25, -0.2) is 4.98 Å². The Hall–Kier alpha value is -3.41. The lowest BCUT2D eigenvalue weighted by molar-refractivity contribution is -0.118. The van der Waals surface area contributed by atoms with Crippen LogP contribution < -0.4 is 5.32 Å². The number of benzene rings is 2. The molecule has 0 fully saturated rings. The van der Waals surface area contributed by atoms with Crippen LogP contribution >= 0.6 is 12.4 Å². The number of ether oxygens (including phenoxy) is 1. The number of aryl methyl sites for hydroxylation is 1. The quantitative estimate of drug-likeness (QED) is 0.422. The molecule has 1 aliphatic carbocycles. The van der Waals surface area contributed by atoms with Crippen LogP contribution in [-0.4, -0.2) is 28.7 Å². The van der Waals surface area contributed by atoms with E-state index in [4.69, 9.17) is 4.74 Å². The van der Waals surface area contributed by atoms with Gasteiger partial charge in [0, 0.05) is 43.8 Å². The van der Waals surface area contributed by atoms with Gasteiger partial charge in [0.05, 0.1) is 17.8 Å². The predicted molar refractivity (Wildman–Crippen MR) is 134 cm³/mol. The van der Waals surface area contributed by atoms with Gasteiger partial charge in [0.25, 0.3) is 0 Å². The van der Waals surface area contributed by atoms with Crippen molar-refractivity contribution in [2.24, 2.45) is 7.05 Å². The summed E-state index contributed by atoms with van der Waals surface area (Å²) in [6, 6.07) is 22.2.